The van der Waals surface area contributed by atoms with Crippen LogP contribution in [0.15, 0.2) is 40.4 Å². The van der Waals surface area contributed by atoms with Crippen molar-refractivity contribution in [1.29, 1.82) is 0 Å². The molecule has 1 aliphatic heterocycles. The molecule has 4 heterocycles. The van der Waals surface area contributed by atoms with Gasteiger partial charge in [-0.1, -0.05) is 24.7 Å². The van der Waals surface area contributed by atoms with Gasteiger partial charge in [-0.3, -0.25) is 10.2 Å². The van der Waals surface area contributed by atoms with E-state index in [9.17, 15) is 4.79 Å². The zero-order chi connectivity index (χ0) is 26.6. The molecular formula is C26H32N8O3S2. The summed E-state index contributed by atoms with van der Waals surface area (Å²) in [5.41, 5.74) is 1.50. The molecule has 206 valence electrons. The van der Waals surface area contributed by atoms with Crippen LogP contribution in [0.1, 0.15) is 32.6 Å². The molecule has 2 N–H and O–H groups in total. The third kappa shape index (κ3) is 6.60. The second-order valence-electron chi connectivity index (χ2n) is 10.0. The van der Waals surface area contributed by atoms with Crippen molar-refractivity contribution in [2.75, 3.05) is 44.7 Å². The first kappa shape index (κ1) is 26.2. The van der Waals surface area contributed by atoms with Gasteiger partial charge in [-0.05, 0) is 61.2 Å². The zero-order valence-electron chi connectivity index (χ0n) is 21.8. The van der Waals surface area contributed by atoms with Gasteiger partial charge in [-0.25, -0.2) is 9.78 Å². The number of aromatic nitrogens is 5. The normalized spacial score (nSPS) is 20.3. The van der Waals surface area contributed by atoms with Gasteiger partial charge >= 0.3 is 6.03 Å². The molecule has 2 amide bonds. The van der Waals surface area contributed by atoms with Crippen molar-refractivity contribution in [3.63, 3.8) is 0 Å². The minimum absolute atomic E-state index is 0.203. The molecule has 0 spiro atoms. The lowest BCUT2D eigenvalue weighted by Gasteiger charge is -2.26. The van der Waals surface area contributed by atoms with Crippen molar-refractivity contribution in [1.82, 2.24) is 35.0 Å². The number of anilines is 1. The van der Waals surface area contributed by atoms with Gasteiger partial charge in [0.05, 0.1) is 23.4 Å². The molecule has 6 rings (SSSR count). The van der Waals surface area contributed by atoms with E-state index < -0.39 is 0 Å². The van der Waals surface area contributed by atoms with Gasteiger partial charge in [0.2, 0.25) is 11.0 Å². The summed E-state index contributed by atoms with van der Waals surface area (Å²) in [5.74, 6) is 1.28. The topological polar surface area (TPSA) is 119 Å². The van der Waals surface area contributed by atoms with E-state index in [0.29, 0.717) is 34.3 Å². The average Bonchev–Trinajstić information content (AvgIpc) is 3.52. The number of hydrogen-bond acceptors (Lipinski definition) is 10. The summed E-state index contributed by atoms with van der Waals surface area (Å²) in [6, 6.07) is 9.49. The molecule has 1 saturated heterocycles. The van der Waals surface area contributed by atoms with E-state index in [1.165, 1.54) is 35.9 Å². The zero-order valence-corrected chi connectivity index (χ0v) is 23.5. The number of amides is 2. The highest BCUT2D eigenvalue weighted by molar-refractivity contribution is 7.99. The van der Waals surface area contributed by atoms with Gasteiger partial charge in [0.25, 0.3) is 0 Å². The summed E-state index contributed by atoms with van der Waals surface area (Å²) >= 11 is 2.92. The Balaban J connectivity index is 1.08. The average molecular weight is 569 g/mol. The Bertz CT molecular complexity index is 1440. The summed E-state index contributed by atoms with van der Waals surface area (Å²) < 4.78 is 14.3. The molecule has 11 nitrogen and oxygen atoms in total. The lowest BCUT2D eigenvalue weighted by Crippen LogP contribution is -2.42. The van der Waals surface area contributed by atoms with Gasteiger partial charge in [-0.15, -0.1) is 15.3 Å². The summed E-state index contributed by atoms with van der Waals surface area (Å²) in [4.78, 5) is 20.2. The Morgan fingerprint density at radius 3 is 2.97 bits per heavy atom. The molecule has 1 aliphatic carbocycles. The molecule has 4 aromatic rings. The first-order valence-electron chi connectivity index (χ1n) is 13.4. The maximum absolute atomic E-state index is 12.4. The number of nitrogens with zero attached hydrogens (tertiary/aromatic N) is 6. The third-order valence-corrected chi connectivity index (χ3v) is 8.85. The van der Waals surface area contributed by atoms with Gasteiger partial charge in [0.15, 0.2) is 10.8 Å². The second-order valence-corrected chi connectivity index (χ2v) is 12.1. The Morgan fingerprint density at radius 2 is 2.10 bits per heavy atom. The van der Waals surface area contributed by atoms with E-state index in [1.54, 1.807) is 4.52 Å². The van der Waals surface area contributed by atoms with Crippen molar-refractivity contribution in [3.8, 4) is 5.88 Å². The summed E-state index contributed by atoms with van der Waals surface area (Å²) in [6.45, 7) is 6.95. The van der Waals surface area contributed by atoms with E-state index in [0.717, 1.165) is 60.8 Å². The summed E-state index contributed by atoms with van der Waals surface area (Å²) in [5, 5.41) is 20.3. The lowest BCUT2D eigenvalue weighted by molar-refractivity contribution is 0.0388. The highest BCUT2D eigenvalue weighted by Gasteiger charge is 2.21. The fraction of sp³-hybridized carbons (Fsp3) is 0.500. The minimum Gasteiger partial charge on any atom is -0.473 e. The molecule has 0 bridgehead atoms. The van der Waals surface area contributed by atoms with Crippen LogP contribution in [0.2, 0.25) is 0 Å². The molecule has 39 heavy (non-hydrogen) atoms. The number of carbonyl (C=O) groups excluding carboxylic acids is 1. The number of ether oxygens (including phenoxy) is 2. The molecule has 13 heteroatoms. The number of fused-ring (bicyclic) bond motifs is 2. The third-order valence-electron chi connectivity index (χ3n) is 6.99. The summed E-state index contributed by atoms with van der Waals surface area (Å²) in [6.07, 6.45) is 4.79. The molecule has 2 atom stereocenters. The maximum atomic E-state index is 12.4. The molecular weight excluding hydrogens is 536 g/mol. The molecule has 1 saturated carbocycles. The SMILES string of the molecule is C[C@H]1CCC[C@H](Oc2ccc3nnc(Sc4ccc5nc(NC(=O)NCCN6CCOCC6)sc5c4)n3n2)C1. The van der Waals surface area contributed by atoms with E-state index in [2.05, 4.69) is 42.7 Å². The fourth-order valence-corrected chi connectivity index (χ4v) is 6.76. The monoisotopic (exact) mass is 568 g/mol. The number of carbonyl (C=O) groups is 1. The first-order valence-corrected chi connectivity index (χ1v) is 15.0. The van der Waals surface area contributed by atoms with Gasteiger partial charge in [-0.2, -0.15) is 4.52 Å². The van der Waals surface area contributed by atoms with E-state index in [-0.39, 0.29) is 12.1 Å². The van der Waals surface area contributed by atoms with Crippen LogP contribution in [0.3, 0.4) is 0 Å². The molecule has 2 aliphatic rings. The van der Waals surface area contributed by atoms with Crippen molar-refractivity contribution in [2.45, 2.75) is 48.8 Å². The molecule has 2 fully saturated rings. The van der Waals surface area contributed by atoms with Crippen molar-refractivity contribution in [2.24, 2.45) is 5.92 Å². The number of urea groups is 1. The first-order chi connectivity index (χ1) is 19.1. The highest BCUT2D eigenvalue weighted by atomic mass is 32.2. The van der Waals surface area contributed by atoms with Gasteiger partial charge < -0.3 is 14.8 Å². The van der Waals surface area contributed by atoms with E-state index in [4.69, 9.17) is 9.47 Å². The predicted molar refractivity (Wildman–Crippen MR) is 151 cm³/mol. The number of thiazole rings is 1. The molecule has 3 aromatic heterocycles. The van der Waals surface area contributed by atoms with Gasteiger partial charge in [0, 0.05) is 37.1 Å². The Morgan fingerprint density at radius 1 is 1.21 bits per heavy atom. The quantitative estimate of drug-likeness (QED) is 0.321. The number of morpholine rings is 1. The number of nitrogens with one attached hydrogen (secondary N) is 2. The van der Waals surface area contributed by atoms with Crippen molar-refractivity contribution < 1.29 is 14.3 Å². The Kier molecular flexibility index (Phi) is 8.09. The smallest absolute Gasteiger partial charge is 0.321 e. The van der Waals surface area contributed by atoms with Crippen LogP contribution in [-0.4, -0.2) is 81.2 Å². The van der Waals surface area contributed by atoms with Crippen LogP contribution in [0.5, 0.6) is 5.88 Å². The number of benzene rings is 1. The maximum Gasteiger partial charge on any atom is 0.321 e. The molecule has 1 aromatic carbocycles. The number of hydrogen-bond donors (Lipinski definition) is 2. The van der Waals surface area contributed by atoms with Crippen LogP contribution >= 0.6 is 23.1 Å². The van der Waals surface area contributed by atoms with E-state index in [1.807, 2.05) is 30.3 Å². The Labute approximate surface area is 234 Å². The predicted octanol–water partition coefficient (Wildman–Crippen LogP) is 4.30. The van der Waals surface area contributed by atoms with Crippen LogP contribution in [0, 0.1) is 5.92 Å². The second kappa shape index (κ2) is 12.0. The molecule has 0 unspecified atom stereocenters. The van der Waals surface area contributed by atoms with Crippen LogP contribution in [0.4, 0.5) is 9.93 Å². The highest BCUT2D eigenvalue weighted by Crippen LogP contribution is 2.33. The fourth-order valence-electron chi connectivity index (χ4n) is 4.96. The number of rotatable bonds is 8. The molecule has 0 radical (unpaired) electrons. The van der Waals surface area contributed by atoms with Crippen molar-refractivity contribution in [3.05, 3.63) is 30.3 Å². The lowest BCUT2D eigenvalue weighted by atomic mass is 9.89. The standard InChI is InChI=1S/C26H32N8O3S2/c1-17-3-2-4-18(15-17)37-23-8-7-22-30-31-26(34(22)32-23)38-19-5-6-20-21(16-19)39-25(28-20)29-24(35)27-9-10-33-11-13-36-14-12-33/h5-8,16-18H,2-4,9-15H2,1H3,(H2,27,28,29,35)/t17-,18-/m0/s1. The van der Waals surface area contributed by atoms with Crippen LogP contribution < -0.4 is 15.4 Å². The largest absolute Gasteiger partial charge is 0.473 e. The van der Waals surface area contributed by atoms with E-state index >= 15 is 0 Å². The Hall–Kier alpha value is -3.00. The van der Waals surface area contributed by atoms with Crippen LogP contribution in [0.25, 0.3) is 15.9 Å². The minimum atomic E-state index is -0.251. The summed E-state index contributed by atoms with van der Waals surface area (Å²) in [7, 11) is 0. The van der Waals surface area contributed by atoms with Crippen molar-refractivity contribution >= 4 is 50.1 Å². The van der Waals surface area contributed by atoms with Crippen LogP contribution in [-0.2, 0) is 4.74 Å². The van der Waals surface area contributed by atoms with Gasteiger partial charge in [0.1, 0.15) is 6.10 Å².